The number of aromatic amines is 1. The molecule has 4 nitrogen and oxygen atoms in total. The largest absolute Gasteiger partial charge is 0.300 e. The van der Waals surface area contributed by atoms with E-state index in [2.05, 4.69) is 10.2 Å². The zero-order valence-electron chi connectivity index (χ0n) is 13.7. The van der Waals surface area contributed by atoms with Crippen LogP contribution in [0.15, 0.2) is 53.9 Å². The average Bonchev–Trinajstić information content (AvgIpc) is 3.22. The van der Waals surface area contributed by atoms with Crippen LogP contribution in [0.5, 0.6) is 0 Å². The number of nitrogens with one attached hydrogen (secondary N) is 1. The molecule has 2 aromatic heterocycles. The third-order valence-corrected chi connectivity index (χ3v) is 4.60. The summed E-state index contributed by atoms with van der Waals surface area (Å²) < 4.78 is 0. The fraction of sp³-hybridized carbons (Fsp3) is 0.158. The number of carbonyl (C=O) groups excluding carboxylic acids is 1. The van der Waals surface area contributed by atoms with Gasteiger partial charge in [-0.15, -0.1) is 11.3 Å². The molecule has 0 aliphatic carbocycles. The minimum absolute atomic E-state index is 0.0557. The maximum absolute atomic E-state index is 12.8. The van der Waals surface area contributed by atoms with Gasteiger partial charge in [0.25, 0.3) is 5.91 Å². The minimum Gasteiger partial charge on any atom is -0.300 e. The summed E-state index contributed by atoms with van der Waals surface area (Å²) in [6.45, 7) is 4.39. The highest BCUT2D eigenvalue weighted by Crippen LogP contribution is 2.26. The van der Waals surface area contributed by atoms with Crippen molar-refractivity contribution in [3.05, 3.63) is 75.7 Å². The van der Waals surface area contributed by atoms with Crippen molar-refractivity contribution in [1.82, 2.24) is 10.2 Å². The smallest absolute Gasteiger partial charge is 0.251 e. The number of benzene rings is 1. The maximum atomic E-state index is 12.8. The zero-order valence-corrected chi connectivity index (χ0v) is 14.5. The van der Waals surface area contributed by atoms with Crippen LogP contribution in [0, 0.1) is 13.8 Å². The lowest BCUT2D eigenvalue weighted by atomic mass is 10.2. The predicted molar refractivity (Wildman–Crippen MR) is 99.0 cm³/mol. The summed E-state index contributed by atoms with van der Waals surface area (Å²) in [5.74, 6) is -0.0557. The molecule has 3 rings (SSSR count). The Hall–Kier alpha value is -2.66. The van der Waals surface area contributed by atoms with E-state index >= 15 is 0 Å². The van der Waals surface area contributed by atoms with Crippen molar-refractivity contribution in [3.63, 3.8) is 0 Å². The zero-order chi connectivity index (χ0) is 16.9. The number of carbonyl (C=O) groups is 1. The lowest BCUT2D eigenvalue weighted by Crippen LogP contribution is -2.29. The second-order valence-electron chi connectivity index (χ2n) is 5.53. The number of hydrogen-bond donors (Lipinski definition) is 1. The Labute approximate surface area is 145 Å². The fourth-order valence-electron chi connectivity index (χ4n) is 2.59. The molecule has 1 N–H and O–H groups in total. The van der Waals surface area contributed by atoms with E-state index in [1.54, 1.807) is 22.3 Å². The molecule has 24 heavy (non-hydrogen) atoms. The van der Waals surface area contributed by atoms with Gasteiger partial charge in [-0.25, -0.2) is 0 Å². The topological polar surface area (TPSA) is 49.0 Å². The molecule has 0 radical (unpaired) electrons. The van der Waals surface area contributed by atoms with E-state index in [1.165, 1.54) is 0 Å². The number of aryl methyl sites for hydroxylation is 2. The van der Waals surface area contributed by atoms with Crippen molar-refractivity contribution in [2.75, 3.05) is 4.90 Å². The van der Waals surface area contributed by atoms with Crippen LogP contribution >= 0.6 is 11.3 Å². The number of aromatic nitrogens is 2. The van der Waals surface area contributed by atoms with Crippen LogP contribution in [0.4, 0.5) is 5.69 Å². The Morgan fingerprint density at radius 2 is 2.00 bits per heavy atom. The van der Waals surface area contributed by atoms with Gasteiger partial charge in [0.15, 0.2) is 0 Å². The van der Waals surface area contributed by atoms with Crippen LogP contribution in [0.3, 0.4) is 0 Å². The van der Waals surface area contributed by atoms with Gasteiger partial charge in [-0.2, -0.15) is 5.10 Å². The van der Waals surface area contributed by atoms with Crippen molar-refractivity contribution in [2.45, 2.75) is 20.4 Å². The number of amides is 1. The number of hydrogen-bond acceptors (Lipinski definition) is 3. The lowest BCUT2D eigenvalue weighted by molar-refractivity contribution is -0.114. The first kappa shape index (κ1) is 16.2. The van der Waals surface area contributed by atoms with Gasteiger partial charge in [-0.3, -0.25) is 9.89 Å². The van der Waals surface area contributed by atoms with E-state index in [0.717, 1.165) is 27.5 Å². The van der Waals surface area contributed by atoms with Crippen LogP contribution in [0.2, 0.25) is 0 Å². The van der Waals surface area contributed by atoms with E-state index in [9.17, 15) is 4.79 Å². The second-order valence-corrected chi connectivity index (χ2v) is 6.56. The summed E-state index contributed by atoms with van der Waals surface area (Å²) in [6.07, 6.45) is 3.46. The molecule has 0 aliphatic heterocycles. The first-order valence-corrected chi connectivity index (χ1v) is 8.61. The molecule has 3 aromatic rings. The summed E-state index contributed by atoms with van der Waals surface area (Å²) in [6, 6.07) is 13.9. The first-order valence-electron chi connectivity index (χ1n) is 7.73. The molecule has 0 spiro atoms. The normalized spacial score (nSPS) is 11.1. The predicted octanol–water partition coefficient (Wildman–Crippen LogP) is 4.33. The van der Waals surface area contributed by atoms with Gasteiger partial charge in [0, 0.05) is 11.0 Å². The van der Waals surface area contributed by atoms with Crippen LogP contribution in [-0.4, -0.2) is 16.1 Å². The Morgan fingerprint density at radius 3 is 2.62 bits per heavy atom. The van der Waals surface area contributed by atoms with Crippen molar-refractivity contribution in [1.29, 1.82) is 0 Å². The van der Waals surface area contributed by atoms with Gasteiger partial charge in [0.2, 0.25) is 0 Å². The average molecular weight is 337 g/mol. The van der Waals surface area contributed by atoms with Crippen molar-refractivity contribution < 1.29 is 4.79 Å². The Bertz CT molecular complexity index is 815. The highest BCUT2D eigenvalue weighted by molar-refractivity contribution is 7.09. The van der Waals surface area contributed by atoms with Crippen molar-refractivity contribution in [3.8, 4) is 0 Å². The molecule has 0 atom stereocenters. The quantitative estimate of drug-likeness (QED) is 0.704. The Balaban J connectivity index is 1.89. The molecular weight excluding hydrogens is 318 g/mol. The summed E-state index contributed by atoms with van der Waals surface area (Å²) in [5, 5.41) is 9.21. The highest BCUT2D eigenvalue weighted by Gasteiger charge is 2.20. The van der Waals surface area contributed by atoms with Gasteiger partial charge in [-0.1, -0.05) is 36.4 Å². The lowest BCUT2D eigenvalue weighted by Gasteiger charge is -2.21. The van der Waals surface area contributed by atoms with Gasteiger partial charge in [0.1, 0.15) is 0 Å². The standard InChI is InChI=1S/C19H19N3OS/c1-14-19(15(2)21-20-14)22(13-17-9-6-12-24-17)18(23)11-10-16-7-4-3-5-8-16/h3-12H,13H2,1-2H3,(H,20,21)/b11-10+. The van der Waals surface area contributed by atoms with Crippen LogP contribution in [0.1, 0.15) is 21.8 Å². The minimum atomic E-state index is -0.0557. The molecule has 0 fully saturated rings. The SMILES string of the molecule is Cc1n[nH]c(C)c1N(Cc1cccs1)C(=O)/C=C/c1ccccc1. The number of nitrogens with zero attached hydrogens (tertiary/aromatic N) is 2. The summed E-state index contributed by atoms with van der Waals surface area (Å²) in [7, 11) is 0. The van der Waals surface area contributed by atoms with Gasteiger partial charge in [0.05, 0.1) is 23.6 Å². The molecule has 0 bridgehead atoms. The van der Waals surface area contributed by atoms with Crippen LogP contribution in [0.25, 0.3) is 6.08 Å². The van der Waals surface area contributed by atoms with Gasteiger partial charge >= 0.3 is 0 Å². The number of rotatable bonds is 5. The Morgan fingerprint density at radius 1 is 1.21 bits per heavy atom. The maximum Gasteiger partial charge on any atom is 0.251 e. The number of anilines is 1. The summed E-state index contributed by atoms with van der Waals surface area (Å²) in [4.78, 5) is 15.8. The molecule has 0 unspecified atom stereocenters. The molecule has 0 aliphatic rings. The summed E-state index contributed by atoms with van der Waals surface area (Å²) >= 11 is 1.64. The highest BCUT2D eigenvalue weighted by atomic mass is 32.1. The molecule has 0 saturated heterocycles. The van der Waals surface area contributed by atoms with E-state index < -0.39 is 0 Å². The van der Waals surface area contributed by atoms with Crippen LogP contribution in [-0.2, 0) is 11.3 Å². The first-order chi connectivity index (χ1) is 11.6. The molecule has 2 heterocycles. The number of H-pyrrole nitrogens is 1. The molecule has 5 heteroatoms. The Kier molecular flexibility index (Phi) is 4.91. The fourth-order valence-corrected chi connectivity index (χ4v) is 3.28. The number of thiophene rings is 1. The molecule has 1 aromatic carbocycles. The summed E-state index contributed by atoms with van der Waals surface area (Å²) in [5.41, 5.74) is 3.57. The monoisotopic (exact) mass is 337 g/mol. The second kappa shape index (κ2) is 7.27. The van der Waals surface area contributed by atoms with Gasteiger partial charge < -0.3 is 4.90 Å². The van der Waals surface area contributed by atoms with E-state index in [1.807, 2.05) is 67.8 Å². The molecule has 1 amide bonds. The van der Waals surface area contributed by atoms with E-state index in [0.29, 0.717) is 6.54 Å². The van der Waals surface area contributed by atoms with Crippen molar-refractivity contribution >= 4 is 29.0 Å². The van der Waals surface area contributed by atoms with Gasteiger partial charge in [-0.05, 0) is 36.9 Å². The molecule has 0 saturated carbocycles. The molecular formula is C19H19N3OS. The van der Waals surface area contributed by atoms with Crippen molar-refractivity contribution in [2.24, 2.45) is 0 Å². The van der Waals surface area contributed by atoms with E-state index in [4.69, 9.17) is 0 Å². The molecule has 122 valence electrons. The third kappa shape index (κ3) is 3.63. The van der Waals surface area contributed by atoms with E-state index in [-0.39, 0.29) is 5.91 Å². The third-order valence-electron chi connectivity index (χ3n) is 3.74. The van der Waals surface area contributed by atoms with Crippen LogP contribution < -0.4 is 4.90 Å².